The average Bonchev–Trinajstić information content (AvgIpc) is 2.92. The zero-order chi connectivity index (χ0) is 24.2. The summed E-state index contributed by atoms with van der Waals surface area (Å²) in [4.78, 5) is 14.0. The molecule has 32 heavy (non-hydrogen) atoms. The highest BCUT2D eigenvalue weighted by atomic mass is 32.2. The normalized spacial score (nSPS) is 17.1. The van der Waals surface area contributed by atoms with Crippen molar-refractivity contribution in [3.05, 3.63) is 39.6 Å². The van der Waals surface area contributed by atoms with Crippen LogP contribution >= 0.6 is 0 Å². The summed E-state index contributed by atoms with van der Waals surface area (Å²) in [6, 6.07) is 1.58. The van der Waals surface area contributed by atoms with Gasteiger partial charge in [0.05, 0.1) is 22.1 Å². The molecule has 0 spiro atoms. The first-order valence-corrected chi connectivity index (χ1v) is 13.7. The fourth-order valence-corrected chi connectivity index (χ4v) is 7.79. The number of fused-ring (bicyclic) bond motifs is 1. The summed E-state index contributed by atoms with van der Waals surface area (Å²) in [7, 11) is -5.82. The highest BCUT2D eigenvalue weighted by Crippen LogP contribution is 2.43. The maximum Gasteiger partial charge on any atom is 0.310 e. The molecule has 0 N–H and O–H groups in total. The van der Waals surface area contributed by atoms with Crippen LogP contribution in [-0.4, -0.2) is 43.9 Å². The minimum atomic E-state index is -3.89. The molecule has 0 unspecified atom stereocenters. The Morgan fingerprint density at radius 3 is 2.47 bits per heavy atom. The second-order valence-electron chi connectivity index (χ2n) is 9.09. The molecule has 2 aromatic rings. The second kappa shape index (κ2) is 7.98. The van der Waals surface area contributed by atoms with Gasteiger partial charge in [-0.25, -0.2) is 13.1 Å². The summed E-state index contributed by atoms with van der Waals surface area (Å²) in [6.45, 7) is 10.7. The monoisotopic (exact) mass is 482 g/mol. The lowest BCUT2D eigenvalue weighted by Gasteiger charge is -2.35. The number of hydrogen-bond donors (Lipinski definition) is 0. The third-order valence-electron chi connectivity index (χ3n) is 6.01. The Kier molecular flexibility index (Phi) is 6.10. The lowest BCUT2D eigenvalue weighted by molar-refractivity contribution is 0.103. The third kappa shape index (κ3) is 4.10. The van der Waals surface area contributed by atoms with E-state index in [1.807, 2.05) is 13.8 Å². The first-order valence-electron chi connectivity index (χ1n) is 10.5. The fraction of sp³-hybridized carbons (Fsp3) is 0.545. The van der Waals surface area contributed by atoms with Crippen LogP contribution in [-0.2, 0) is 32.4 Å². The van der Waals surface area contributed by atoms with E-state index < -0.39 is 31.2 Å². The van der Waals surface area contributed by atoms with Gasteiger partial charge in [0.15, 0.2) is 9.84 Å². The van der Waals surface area contributed by atoms with Gasteiger partial charge in [-0.05, 0) is 61.8 Å². The largest absolute Gasteiger partial charge is 0.361 e. The van der Waals surface area contributed by atoms with Crippen LogP contribution in [0.1, 0.15) is 71.9 Å². The fourth-order valence-electron chi connectivity index (χ4n) is 4.50. The van der Waals surface area contributed by atoms with Crippen LogP contribution in [0, 0.1) is 20.8 Å². The van der Waals surface area contributed by atoms with Gasteiger partial charge in [-0.2, -0.15) is 13.5 Å². The van der Waals surface area contributed by atoms with Crippen LogP contribution in [0.15, 0.2) is 11.0 Å². The zero-order valence-electron chi connectivity index (χ0n) is 19.6. The number of ketones is 1. The summed E-state index contributed by atoms with van der Waals surface area (Å²) in [5.74, 6) is -0.703. The van der Waals surface area contributed by atoms with Crippen LogP contribution in [0.2, 0.25) is 0 Å². The Hall–Kier alpha value is -2.20. The Balaban J connectivity index is 2.24. The molecule has 0 amide bonds. The van der Waals surface area contributed by atoms with Crippen LogP contribution < -0.4 is 4.18 Å². The first-order chi connectivity index (χ1) is 14.6. The van der Waals surface area contributed by atoms with Gasteiger partial charge in [-0.3, -0.25) is 4.79 Å². The minimum absolute atomic E-state index is 0.0612. The molecule has 0 saturated heterocycles. The predicted molar refractivity (Wildman–Crippen MR) is 122 cm³/mol. The summed E-state index contributed by atoms with van der Waals surface area (Å²) in [5.41, 5.74) is 2.01. The van der Waals surface area contributed by atoms with Gasteiger partial charge < -0.3 is 4.18 Å². The summed E-state index contributed by atoms with van der Waals surface area (Å²) in [6.07, 6.45) is 0.824. The molecule has 1 aliphatic rings. The van der Waals surface area contributed by atoms with Crippen LogP contribution in [0.3, 0.4) is 0 Å². The van der Waals surface area contributed by atoms with Gasteiger partial charge >= 0.3 is 10.1 Å². The highest BCUT2D eigenvalue weighted by molar-refractivity contribution is 7.91. The maximum absolute atomic E-state index is 13.7. The number of aryl methyl sites for hydroxylation is 3. The number of rotatable bonds is 6. The maximum atomic E-state index is 13.7. The van der Waals surface area contributed by atoms with Gasteiger partial charge in [0.2, 0.25) is 11.7 Å². The van der Waals surface area contributed by atoms with Crippen molar-refractivity contribution in [2.24, 2.45) is 7.05 Å². The molecule has 0 saturated carbocycles. The Morgan fingerprint density at radius 2 is 1.88 bits per heavy atom. The molecule has 0 bridgehead atoms. The zero-order valence-corrected chi connectivity index (χ0v) is 21.2. The Morgan fingerprint density at radius 1 is 1.25 bits per heavy atom. The van der Waals surface area contributed by atoms with E-state index >= 15 is 0 Å². The Labute approximate surface area is 190 Å². The number of carbonyl (C=O) groups is 1. The smallest absolute Gasteiger partial charge is 0.310 e. The van der Waals surface area contributed by atoms with Gasteiger partial charge in [-0.1, -0.05) is 20.8 Å². The van der Waals surface area contributed by atoms with E-state index in [1.165, 1.54) is 11.7 Å². The quantitative estimate of drug-likeness (QED) is 0.459. The van der Waals surface area contributed by atoms with Crippen LogP contribution in [0.5, 0.6) is 5.88 Å². The topological polar surface area (TPSA) is 112 Å². The summed E-state index contributed by atoms with van der Waals surface area (Å²) < 4.78 is 56.8. The number of hydrogen-bond acceptors (Lipinski definition) is 7. The van der Waals surface area contributed by atoms with Crippen molar-refractivity contribution in [3.63, 3.8) is 0 Å². The lowest BCUT2D eigenvalue weighted by atomic mass is 9.76. The predicted octanol–water partition coefficient (Wildman–Crippen LogP) is 3.15. The van der Waals surface area contributed by atoms with Crippen molar-refractivity contribution < 1.29 is 25.8 Å². The van der Waals surface area contributed by atoms with Gasteiger partial charge in [0.25, 0.3) is 0 Å². The molecule has 1 aromatic carbocycles. The van der Waals surface area contributed by atoms with E-state index in [4.69, 9.17) is 4.18 Å². The summed E-state index contributed by atoms with van der Waals surface area (Å²) in [5, 5.41) is 4.20. The summed E-state index contributed by atoms with van der Waals surface area (Å²) >= 11 is 0. The number of nitrogens with zero attached hydrogens (tertiary/aromatic N) is 2. The van der Waals surface area contributed by atoms with E-state index in [1.54, 1.807) is 33.8 Å². The molecule has 3 rings (SSSR count). The molecule has 0 radical (unpaired) electrons. The lowest BCUT2D eigenvalue weighted by Crippen LogP contribution is -2.33. The number of carbonyl (C=O) groups excluding carboxylic acids is 1. The van der Waals surface area contributed by atoms with Crippen molar-refractivity contribution in [3.8, 4) is 5.88 Å². The van der Waals surface area contributed by atoms with Crippen molar-refractivity contribution in [2.75, 3.05) is 11.5 Å². The van der Waals surface area contributed by atoms with Gasteiger partial charge in [-0.15, -0.1) is 0 Å². The molecule has 176 valence electrons. The number of sulfone groups is 1. The SMILES string of the molecule is CCCS(=O)(=O)Oc1c(C(=O)c2cc(C)c3c(c2C)C(C)(C)CCS3(=O)=O)c(C)nn1C. The second-order valence-corrected chi connectivity index (χ2v) is 12.8. The molecule has 1 aliphatic heterocycles. The molecular weight excluding hydrogens is 452 g/mol. The molecule has 0 aliphatic carbocycles. The molecular formula is C22H30N2O6S2. The van der Waals surface area contributed by atoms with E-state index in [-0.39, 0.29) is 22.9 Å². The molecule has 8 nitrogen and oxygen atoms in total. The van der Waals surface area contributed by atoms with E-state index in [2.05, 4.69) is 5.10 Å². The van der Waals surface area contributed by atoms with Crippen LogP contribution in [0.4, 0.5) is 0 Å². The van der Waals surface area contributed by atoms with E-state index in [0.717, 1.165) is 0 Å². The number of aromatic nitrogens is 2. The van der Waals surface area contributed by atoms with Gasteiger partial charge in [0.1, 0.15) is 5.56 Å². The molecule has 0 atom stereocenters. The standard InChI is InChI=1S/C22H30N2O6S2/c1-8-10-32(28,29)30-21-17(15(4)23-24(21)7)19(25)16-12-13(2)20-18(14(16)3)22(5,6)9-11-31(20,26)27/h12H,8-11H2,1-7H3. The van der Waals surface area contributed by atoms with Crippen molar-refractivity contribution in [1.29, 1.82) is 0 Å². The van der Waals surface area contributed by atoms with Gasteiger partial charge in [0, 0.05) is 12.6 Å². The molecule has 1 aromatic heterocycles. The highest BCUT2D eigenvalue weighted by Gasteiger charge is 2.40. The minimum Gasteiger partial charge on any atom is -0.361 e. The molecule has 10 heteroatoms. The van der Waals surface area contributed by atoms with Crippen LogP contribution in [0.25, 0.3) is 0 Å². The van der Waals surface area contributed by atoms with E-state index in [0.29, 0.717) is 45.7 Å². The van der Waals surface area contributed by atoms with Crippen molar-refractivity contribution in [2.45, 2.75) is 64.7 Å². The molecule has 2 heterocycles. The van der Waals surface area contributed by atoms with Crippen molar-refractivity contribution >= 4 is 25.7 Å². The Bertz CT molecular complexity index is 1320. The average molecular weight is 483 g/mol. The third-order valence-corrected chi connectivity index (χ3v) is 9.22. The van der Waals surface area contributed by atoms with Crippen molar-refractivity contribution in [1.82, 2.24) is 9.78 Å². The number of benzene rings is 1. The first kappa shape index (κ1) is 24.4. The van der Waals surface area contributed by atoms with E-state index in [9.17, 15) is 21.6 Å². The molecule has 0 fully saturated rings.